The van der Waals surface area contributed by atoms with Crippen molar-refractivity contribution in [2.24, 2.45) is 0 Å². The summed E-state index contributed by atoms with van der Waals surface area (Å²) in [4.78, 5) is 0. The molecule has 0 fully saturated rings. The molecule has 3 heteroatoms. The Bertz CT molecular complexity index is 16.3. The fourth-order valence-corrected chi connectivity index (χ4v) is 0. The Kier molecular flexibility index (Phi) is 156. The maximum absolute atomic E-state index is 3.36. The fraction of sp³-hybridized carbons (Fsp3) is 0.333. The summed E-state index contributed by atoms with van der Waals surface area (Å²) in [6.45, 7) is 5.25. The van der Waals surface area contributed by atoms with Crippen LogP contribution in [0.4, 0.5) is 0 Å². The summed E-state index contributed by atoms with van der Waals surface area (Å²) >= 11 is 0. The first kappa shape index (κ1) is 27.0. The van der Waals surface area contributed by atoms with Crippen LogP contribution in [0, 0.1) is 0 Å². The largest absolute Gasteiger partial charge is 2.00 e. The number of halogens is 2. The smallest absolute Gasteiger partial charge is 1.00 e. The second kappa shape index (κ2) is 34.6. The number of allylic oxidation sites excluding steroid dienone is 1. The van der Waals surface area contributed by atoms with Gasteiger partial charge in [0.25, 0.3) is 0 Å². The number of hydrogen-bond acceptors (Lipinski definition) is 0. The van der Waals surface area contributed by atoms with E-state index in [1.807, 2.05) is 6.92 Å². The third-order valence-corrected chi connectivity index (χ3v) is 0. The van der Waals surface area contributed by atoms with Crippen molar-refractivity contribution in [3.8, 4) is 0 Å². The Morgan fingerprint density at radius 1 is 1.33 bits per heavy atom. The molecule has 0 aromatic heterocycles. The molecule has 0 atom stereocenters. The third-order valence-electron chi connectivity index (χ3n) is 0. The summed E-state index contributed by atoms with van der Waals surface area (Å²) in [6.07, 6.45) is 1.75. The van der Waals surface area contributed by atoms with Gasteiger partial charge in [-0.25, -0.2) is 0 Å². The molecule has 0 aromatic rings. The molecule has 0 spiro atoms. The average molecular weight is 204 g/mol. The second-order valence-electron chi connectivity index (χ2n) is 0.408. The molecule has 36 valence electrons. The zero-order valence-electron chi connectivity index (χ0n) is 3.54. The topological polar surface area (TPSA) is 0 Å². The van der Waals surface area contributed by atoms with Gasteiger partial charge >= 0.3 is 26.2 Å². The van der Waals surface area contributed by atoms with Crippen molar-refractivity contribution in [3.05, 3.63) is 12.7 Å². The van der Waals surface area contributed by atoms with Crippen LogP contribution in [0.15, 0.2) is 12.7 Å². The van der Waals surface area contributed by atoms with Crippen LogP contribution in [-0.2, 0) is 26.2 Å². The van der Waals surface area contributed by atoms with Gasteiger partial charge in [0, 0.05) is 0 Å². The van der Waals surface area contributed by atoms with Crippen molar-refractivity contribution in [2.75, 3.05) is 0 Å². The van der Waals surface area contributed by atoms with E-state index in [0.29, 0.717) is 0 Å². The number of hydrogen-bond donors (Lipinski definition) is 0. The minimum Gasteiger partial charge on any atom is -1.00 e. The second-order valence-corrected chi connectivity index (χ2v) is 0.408. The van der Waals surface area contributed by atoms with Crippen molar-refractivity contribution in [1.82, 2.24) is 0 Å². The third kappa shape index (κ3) is 63.5. The van der Waals surface area contributed by atoms with Crippen molar-refractivity contribution in [1.29, 1.82) is 0 Å². The van der Waals surface area contributed by atoms with Crippen LogP contribution in [0.5, 0.6) is 0 Å². The molecule has 0 amide bonds. The Morgan fingerprint density at radius 3 is 1.33 bits per heavy atom. The van der Waals surface area contributed by atoms with Crippen LogP contribution >= 0.6 is 0 Å². The van der Waals surface area contributed by atoms with Crippen LogP contribution < -0.4 is 24.8 Å². The summed E-state index contributed by atoms with van der Waals surface area (Å²) in [6, 6.07) is 0. The molecule has 0 saturated heterocycles. The molecule has 0 rings (SSSR count). The maximum Gasteiger partial charge on any atom is 2.00 e. The molecule has 0 unspecified atom stereocenters. The Hall–Kier alpha value is 1.20. The standard InChI is InChI=1S/C3H6.2ClH.Zr/c1-3-2;;;/h3H,1H2,2H3;2*1H;/q;;;+2/p-2. The van der Waals surface area contributed by atoms with Gasteiger partial charge in [0.2, 0.25) is 0 Å². The summed E-state index contributed by atoms with van der Waals surface area (Å²) < 4.78 is 0. The molecule has 0 heterocycles. The first-order valence-electron chi connectivity index (χ1n) is 0.986. The molecule has 0 aromatic carbocycles. The van der Waals surface area contributed by atoms with Crippen LogP contribution in [0.2, 0.25) is 0 Å². The average Bonchev–Trinajstić information content (AvgIpc) is 0.918. The molecular formula is C3H6Cl2Zr. The van der Waals surface area contributed by atoms with E-state index in [4.69, 9.17) is 0 Å². The van der Waals surface area contributed by atoms with Gasteiger partial charge in [-0.3, -0.25) is 0 Å². The van der Waals surface area contributed by atoms with E-state index in [-0.39, 0.29) is 51.0 Å². The van der Waals surface area contributed by atoms with Crippen molar-refractivity contribution >= 4 is 0 Å². The first-order valence-corrected chi connectivity index (χ1v) is 0.986. The van der Waals surface area contributed by atoms with E-state index in [1.165, 1.54) is 0 Å². The van der Waals surface area contributed by atoms with Gasteiger partial charge < -0.3 is 24.8 Å². The predicted octanol–water partition coefficient (Wildman–Crippen LogP) is -4.80. The molecule has 0 nitrogen and oxygen atoms in total. The van der Waals surface area contributed by atoms with Crippen LogP contribution in [0.25, 0.3) is 0 Å². The Labute approximate surface area is 70.3 Å². The zero-order valence-corrected chi connectivity index (χ0v) is 7.51. The molecule has 0 aliphatic rings. The minimum atomic E-state index is 0. The van der Waals surface area contributed by atoms with E-state index in [1.54, 1.807) is 6.08 Å². The monoisotopic (exact) mass is 202 g/mol. The van der Waals surface area contributed by atoms with Crippen LogP contribution in [0.1, 0.15) is 6.92 Å². The summed E-state index contributed by atoms with van der Waals surface area (Å²) in [7, 11) is 0. The maximum atomic E-state index is 3.36. The van der Waals surface area contributed by atoms with E-state index in [0.717, 1.165) is 0 Å². The first-order chi connectivity index (χ1) is 1.41. The molecule has 0 N–H and O–H groups in total. The molecule has 0 saturated carbocycles. The van der Waals surface area contributed by atoms with Gasteiger partial charge in [-0.05, 0) is 6.92 Å². The molecule has 0 aliphatic heterocycles. The van der Waals surface area contributed by atoms with Crippen molar-refractivity contribution in [2.45, 2.75) is 6.92 Å². The zero-order chi connectivity index (χ0) is 2.71. The quantitative estimate of drug-likeness (QED) is 0.347. The summed E-state index contributed by atoms with van der Waals surface area (Å²) in [5.41, 5.74) is 0. The van der Waals surface area contributed by atoms with Crippen LogP contribution in [0.3, 0.4) is 0 Å². The molecule has 0 bridgehead atoms. The van der Waals surface area contributed by atoms with Crippen molar-refractivity contribution < 1.29 is 51.0 Å². The van der Waals surface area contributed by atoms with E-state index < -0.39 is 0 Å². The summed E-state index contributed by atoms with van der Waals surface area (Å²) in [5, 5.41) is 0. The fourth-order valence-electron chi connectivity index (χ4n) is 0. The van der Waals surface area contributed by atoms with E-state index >= 15 is 0 Å². The molecule has 0 radical (unpaired) electrons. The minimum absolute atomic E-state index is 0. The predicted molar refractivity (Wildman–Crippen MR) is 15.9 cm³/mol. The SMILES string of the molecule is C=CC.[Cl-].[Cl-].[Zr+2]. The van der Waals surface area contributed by atoms with Crippen LogP contribution in [-0.4, -0.2) is 0 Å². The van der Waals surface area contributed by atoms with E-state index in [2.05, 4.69) is 6.58 Å². The van der Waals surface area contributed by atoms with Gasteiger partial charge in [-0.15, -0.1) is 6.58 Å². The Morgan fingerprint density at radius 2 is 1.33 bits per heavy atom. The number of rotatable bonds is 0. The van der Waals surface area contributed by atoms with Crippen molar-refractivity contribution in [3.63, 3.8) is 0 Å². The normalized spacial score (nSPS) is 2.17. The summed E-state index contributed by atoms with van der Waals surface area (Å²) in [5.74, 6) is 0. The molecule has 0 aliphatic carbocycles. The van der Waals surface area contributed by atoms with Gasteiger partial charge in [0.15, 0.2) is 0 Å². The van der Waals surface area contributed by atoms with E-state index in [9.17, 15) is 0 Å². The van der Waals surface area contributed by atoms with Gasteiger partial charge in [0.05, 0.1) is 0 Å². The van der Waals surface area contributed by atoms with Gasteiger partial charge in [0.1, 0.15) is 0 Å². The van der Waals surface area contributed by atoms with Gasteiger partial charge in [-0.2, -0.15) is 0 Å². The molecular weight excluding hydrogens is 198 g/mol. The Balaban J connectivity index is -0.00000000667. The van der Waals surface area contributed by atoms with Gasteiger partial charge in [-0.1, -0.05) is 6.08 Å². The molecule has 6 heavy (non-hydrogen) atoms.